The topological polar surface area (TPSA) is 47.6 Å². The minimum Gasteiger partial charge on any atom is -0.493 e. The molecule has 140 valence electrons. The van der Waals surface area contributed by atoms with Gasteiger partial charge in [-0.1, -0.05) is 23.8 Å². The molecule has 0 fully saturated rings. The predicted octanol–water partition coefficient (Wildman–Crippen LogP) is 4.68. The number of hydrogen-bond donors (Lipinski definition) is 1. The first kappa shape index (κ1) is 20.2. The maximum atomic E-state index is 12.6. The summed E-state index contributed by atoms with van der Waals surface area (Å²) in [6.07, 6.45) is 0. The average Bonchev–Trinajstić information content (AvgIpc) is 2.61. The maximum Gasteiger partial charge on any atom is 0.233 e. The van der Waals surface area contributed by atoms with Crippen LogP contribution in [0.5, 0.6) is 11.5 Å². The summed E-state index contributed by atoms with van der Waals surface area (Å²) in [5, 5.41) is 2.89. The van der Waals surface area contributed by atoms with Gasteiger partial charge >= 0.3 is 0 Å². The summed E-state index contributed by atoms with van der Waals surface area (Å²) in [5.74, 6) is 1.35. The molecule has 0 aliphatic rings. The van der Waals surface area contributed by atoms with Gasteiger partial charge in [0.15, 0.2) is 11.5 Å². The van der Waals surface area contributed by atoms with E-state index in [0.29, 0.717) is 11.5 Å². The van der Waals surface area contributed by atoms with Crippen LogP contribution in [0, 0.1) is 13.8 Å². The molecule has 0 saturated carbocycles. The molecule has 1 amide bonds. The number of carbonyl (C=O) groups is 1. The summed E-state index contributed by atoms with van der Waals surface area (Å²) < 4.78 is 10.6. The van der Waals surface area contributed by atoms with Crippen molar-refractivity contribution in [3.05, 3.63) is 53.1 Å². The molecular weight excluding hydrogens is 346 g/mol. The molecule has 26 heavy (non-hydrogen) atoms. The van der Waals surface area contributed by atoms with Gasteiger partial charge < -0.3 is 14.8 Å². The molecule has 2 rings (SSSR count). The van der Waals surface area contributed by atoms with Crippen LogP contribution >= 0.6 is 11.8 Å². The summed E-state index contributed by atoms with van der Waals surface area (Å²) in [5.41, 5.74) is 3.56. The SMILES string of the molecule is COc1ccc(SC(C)C(=O)NC(C)c2ccc(C)cc2C)cc1OC. The van der Waals surface area contributed by atoms with E-state index in [1.165, 1.54) is 22.9 Å². The quantitative estimate of drug-likeness (QED) is 0.716. The number of ether oxygens (including phenoxy) is 2. The number of hydrogen-bond acceptors (Lipinski definition) is 4. The molecule has 1 N–H and O–H groups in total. The smallest absolute Gasteiger partial charge is 0.233 e. The summed E-state index contributed by atoms with van der Waals surface area (Å²) in [4.78, 5) is 13.6. The fraction of sp³-hybridized carbons (Fsp3) is 0.381. The van der Waals surface area contributed by atoms with E-state index in [1.54, 1.807) is 14.2 Å². The fourth-order valence-corrected chi connectivity index (χ4v) is 3.77. The van der Waals surface area contributed by atoms with Gasteiger partial charge in [0.2, 0.25) is 5.91 Å². The Morgan fingerprint density at radius 2 is 1.69 bits per heavy atom. The lowest BCUT2D eigenvalue weighted by molar-refractivity contribution is -0.120. The zero-order valence-electron chi connectivity index (χ0n) is 16.3. The van der Waals surface area contributed by atoms with Gasteiger partial charge in [-0.25, -0.2) is 0 Å². The van der Waals surface area contributed by atoms with E-state index in [0.717, 1.165) is 10.5 Å². The number of rotatable bonds is 7. The predicted molar refractivity (Wildman–Crippen MR) is 107 cm³/mol. The van der Waals surface area contributed by atoms with Crippen LogP contribution in [0.25, 0.3) is 0 Å². The standard InChI is InChI=1S/C21H27NO3S/c1-13-7-9-18(14(2)11-13)15(3)22-21(23)16(4)26-17-8-10-19(24-5)20(12-17)25-6/h7-12,15-16H,1-6H3,(H,22,23). The van der Waals surface area contributed by atoms with Crippen LogP contribution in [-0.4, -0.2) is 25.4 Å². The van der Waals surface area contributed by atoms with Crippen molar-refractivity contribution in [2.24, 2.45) is 0 Å². The number of aryl methyl sites for hydroxylation is 2. The Bertz CT molecular complexity index is 776. The molecule has 5 heteroatoms. The lowest BCUT2D eigenvalue weighted by Crippen LogP contribution is -2.33. The van der Waals surface area contributed by atoms with Crippen molar-refractivity contribution < 1.29 is 14.3 Å². The van der Waals surface area contributed by atoms with E-state index in [2.05, 4.69) is 37.4 Å². The highest BCUT2D eigenvalue weighted by molar-refractivity contribution is 8.00. The molecule has 0 heterocycles. The Morgan fingerprint density at radius 3 is 2.31 bits per heavy atom. The number of nitrogens with one attached hydrogen (secondary N) is 1. The minimum atomic E-state index is -0.221. The molecule has 2 aromatic rings. The molecule has 0 spiro atoms. The van der Waals surface area contributed by atoms with E-state index >= 15 is 0 Å². The van der Waals surface area contributed by atoms with Crippen LogP contribution in [0.1, 0.15) is 36.6 Å². The summed E-state index contributed by atoms with van der Waals surface area (Å²) in [6.45, 7) is 8.07. The highest BCUT2D eigenvalue weighted by Crippen LogP contribution is 2.33. The van der Waals surface area contributed by atoms with Crippen molar-refractivity contribution in [1.29, 1.82) is 0 Å². The number of thioether (sulfide) groups is 1. The van der Waals surface area contributed by atoms with E-state index in [-0.39, 0.29) is 17.2 Å². The van der Waals surface area contributed by atoms with Crippen LogP contribution < -0.4 is 14.8 Å². The minimum absolute atomic E-state index is 0.0114. The third-order valence-corrected chi connectivity index (χ3v) is 5.38. The second-order valence-electron chi connectivity index (χ2n) is 6.37. The van der Waals surface area contributed by atoms with Crippen molar-refractivity contribution in [3.63, 3.8) is 0 Å². The first-order valence-corrected chi connectivity index (χ1v) is 9.50. The fourth-order valence-electron chi connectivity index (χ4n) is 2.87. The molecule has 2 atom stereocenters. The van der Waals surface area contributed by atoms with Crippen LogP contribution in [0.15, 0.2) is 41.3 Å². The van der Waals surface area contributed by atoms with E-state index in [9.17, 15) is 4.79 Å². The lowest BCUT2D eigenvalue weighted by atomic mass is 10.0. The maximum absolute atomic E-state index is 12.6. The van der Waals surface area contributed by atoms with Crippen molar-refractivity contribution in [2.45, 2.75) is 43.9 Å². The van der Waals surface area contributed by atoms with Crippen molar-refractivity contribution >= 4 is 17.7 Å². The largest absolute Gasteiger partial charge is 0.493 e. The molecule has 2 aromatic carbocycles. The number of benzene rings is 2. The Hall–Kier alpha value is -2.14. The first-order valence-electron chi connectivity index (χ1n) is 8.62. The highest BCUT2D eigenvalue weighted by atomic mass is 32.2. The Labute approximate surface area is 160 Å². The van der Waals surface area contributed by atoms with E-state index in [1.807, 2.05) is 32.0 Å². The third kappa shape index (κ3) is 4.94. The van der Waals surface area contributed by atoms with Crippen molar-refractivity contribution in [2.75, 3.05) is 14.2 Å². The van der Waals surface area contributed by atoms with Gasteiger partial charge in [0.25, 0.3) is 0 Å². The summed E-state index contributed by atoms with van der Waals surface area (Å²) in [7, 11) is 3.21. The van der Waals surface area contributed by atoms with Gasteiger partial charge in [0.05, 0.1) is 25.5 Å². The van der Waals surface area contributed by atoms with Crippen LogP contribution in [0.2, 0.25) is 0 Å². The van der Waals surface area contributed by atoms with E-state index in [4.69, 9.17) is 9.47 Å². The molecule has 0 bridgehead atoms. The average molecular weight is 374 g/mol. The van der Waals surface area contributed by atoms with Crippen molar-refractivity contribution in [3.8, 4) is 11.5 Å². The third-order valence-electron chi connectivity index (χ3n) is 4.29. The normalized spacial score (nSPS) is 13.0. The van der Waals surface area contributed by atoms with Gasteiger partial charge in [0, 0.05) is 4.90 Å². The first-order chi connectivity index (χ1) is 12.3. The number of carbonyl (C=O) groups excluding carboxylic acids is 1. The zero-order chi connectivity index (χ0) is 19.3. The Balaban J connectivity index is 2.03. The monoisotopic (exact) mass is 373 g/mol. The number of methoxy groups -OCH3 is 2. The number of amides is 1. The highest BCUT2D eigenvalue weighted by Gasteiger charge is 2.19. The Kier molecular flexibility index (Phi) is 6.98. The van der Waals surface area contributed by atoms with Gasteiger partial charge in [-0.2, -0.15) is 0 Å². The lowest BCUT2D eigenvalue weighted by Gasteiger charge is -2.20. The molecule has 0 aliphatic heterocycles. The van der Waals surface area contributed by atoms with E-state index < -0.39 is 0 Å². The summed E-state index contributed by atoms with van der Waals surface area (Å²) in [6, 6.07) is 11.9. The Morgan fingerprint density at radius 1 is 1.00 bits per heavy atom. The second kappa shape index (κ2) is 8.99. The molecule has 0 aliphatic carbocycles. The van der Waals surface area contributed by atoms with Crippen molar-refractivity contribution in [1.82, 2.24) is 5.32 Å². The van der Waals surface area contributed by atoms with Crippen LogP contribution in [0.3, 0.4) is 0 Å². The van der Waals surface area contributed by atoms with Crippen LogP contribution in [-0.2, 0) is 4.79 Å². The molecular formula is C21H27NO3S. The van der Waals surface area contributed by atoms with Crippen LogP contribution in [0.4, 0.5) is 0 Å². The molecule has 0 radical (unpaired) electrons. The molecule has 0 saturated heterocycles. The van der Waals surface area contributed by atoms with Gasteiger partial charge in [0.1, 0.15) is 0 Å². The molecule has 4 nitrogen and oxygen atoms in total. The molecule has 2 unspecified atom stereocenters. The van der Waals surface area contributed by atoms with Gasteiger partial charge in [-0.05, 0) is 57.0 Å². The summed E-state index contributed by atoms with van der Waals surface area (Å²) >= 11 is 1.50. The van der Waals surface area contributed by atoms with Gasteiger partial charge in [-0.3, -0.25) is 4.79 Å². The zero-order valence-corrected chi connectivity index (χ0v) is 17.1. The molecule has 0 aromatic heterocycles. The second-order valence-corrected chi connectivity index (χ2v) is 7.78. The van der Waals surface area contributed by atoms with Gasteiger partial charge in [-0.15, -0.1) is 11.8 Å².